The molecule has 0 heteroatoms. The first-order valence-corrected chi connectivity index (χ1v) is 44.3. The maximum Gasteiger partial charge on any atom is -0.0354 e. The van der Waals surface area contributed by atoms with Crippen LogP contribution in [0, 0.1) is 117 Å². The average molecular weight is 1380 g/mol. The third-order valence-corrected chi connectivity index (χ3v) is 17.9. The Bertz CT molecular complexity index is 1220. The van der Waals surface area contributed by atoms with Gasteiger partial charge in [-0.1, -0.05) is 473 Å². The maximum atomic E-state index is 2.36. The molecular weight excluding hydrogens is 1170 g/mol. The molecule has 0 amide bonds. The average Bonchev–Trinajstić information content (AvgIpc) is 1.95. The molecule has 2 rings (SSSR count). The first-order valence-electron chi connectivity index (χ1n) is 44.3. The van der Waals surface area contributed by atoms with Gasteiger partial charge in [0.1, 0.15) is 0 Å². The summed E-state index contributed by atoms with van der Waals surface area (Å²) >= 11 is 0. The number of hydrogen-bond donors (Lipinski definition) is 0. The van der Waals surface area contributed by atoms with E-state index in [0.717, 1.165) is 101 Å². The smallest absolute Gasteiger partial charge is 0.0354 e. The van der Waals surface area contributed by atoms with Gasteiger partial charge in [-0.25, -0.2) is 0 Å². The van der Waals surface area contributed by atoms with E-state index >= 15 is 0 Å². The lowest BCUT2D eigenvalue weighted by Crippen LogP contribution is -2.12. The first kappa shape index (κ1) is 124. The highest BCUT2D eigenvalue weighted by Crippen LogP contribution is 2.35. The Labute approximate surface area is 631 Å². The Morgan fingerprint density at radius 2 is 0.567 bits per heavy atom. The first-order chi connectivity index (χ1) is 44.3. The van der Waals surface area contributed by atoms with Gasteiger partial charge in [0.2, 0.25) is 0 Å². The van der Waals surface area contributed by atoms with E-state index in [1.807, 2.05) is 0 Å². The van der Waals surface area contributed by atoms with Crippen molar-refractivity contribution in [2.45, 2.75) is 518 Å². The van der Waals surface area contributed by atoms with Crippen LogP contribution in [0.2, 0.25) is 0 Å². The van der Waals surface area contributed by atoms with Crippen molar-refractivity contribution in [3.05, 3.63) is 0 Å². The molecule has 0 aromatic rings. The van der Waals surface area contributed by atoms with E-state index in [4.69, 9.17) is 0 Å². The van der Waals surface area contributed by atoms with Crippen molar-refractivity contribution < 1.29 is 0 Å². The molecular formula is C97H218. The van der Waals surface area contributed by atoms with Crippen LogP contribution in [0.1, 0.15) is 518 Å². The molecule has 2 aliphatic carbocycles. The van der Waals surface area contributed by atoms with Gasteiger partial charge in [0, 0.05) is 0 Å². The zero-order valence-corrected chi connectivity index (χ0v) is 79.5. The lowest BCUT2D eigenvalue weighted by Gasteiger charge is -2.26. The quantitative estimate of drug-likeness (QED) is 0.0629. The largest absolute Gasteiger partial charge is 0.0654 e. The third kappa shape index (κ3) is 178. The Balaban J connectivity index is -0.0000000805. The Kier molecular flexibility index (Phi) is 113. The minimum Gasteiger partial charge on any atom is -0.0654 e. The van der Waals surface area contributed by atoms with Crippen LogP contribution < -0.4 is 0 Å². The van der Waals surface area contributed by atoms with E-state index in [0.29, 0.717) is 16.2 Å². The van der Waals surface area contributed by atoms with Gasteiger partial charge in [-0.2, -0.15) is 0 Å². The normalized spacial score (nSPS) is 12.8. The van der Waals surface area contributed by atoms with E-state index in [1.54, 1.807) is 0 Å². The number of rotatable bonds is 30. The summed E-state index contributed by atoms with van der Waals surface area (Å²) in [4.78, 5) is 0. The van der Waals surface area contributed by atoms with Gasteiger partial charge < -0.3 is 0 Å². The third-order valence-electron chi connectivity index (χ3n) is 17.9. The molecule has 1 unspecified atom stereocenters. The van der Waals surface area contributed by atoms with Crippen LogP contribution in [0.5, 0.6) is 0 Å². The van der Waals surface area contributed by atoms with Crippen molar-refractivity contribution in [1.29, 1.82) is 0 Å². The van der Waals surface area contributed by atoms with Gasteiger partial charge in [0.15, 0.2) is 0 Å². The Morgan fingerprint density at radius 3 is 0.670 bits per heavy atom. The zero-order chi connectivity index (χ0) is 79.5. The molecule has 0 saturated heterocycles. The summed E-state index contributed by atoms with van der Waals surface area (Å²) in [6, 6.07) is 0. The minimum absolute atomic E-state index is 0.550. The maximum absolute atomic E-state index is 2.36. The molecule has 606 valence electrons. The van der Waals surface area contributed by atoms with E-state index < -0.39 is 0 Å². The molecule has 2 fully saturated rings. The van der Waals surface area contributed by atoms with Crippen molar-refractivity contribution in [3.63, 3.8) is 0 Å². The molecule has 0 aromatic carbocycles. The van der Waals surface area contributed by atoms with Gasteiger partial charge in [-0.3, -0.25) is 0 Å². The van der Waals surface area contributed by atoms with Crippen molar-refractivity contribution in [2.24, 2.45) is 117 Å². The highest BCUT2D eigenvalue weighted by molar-refractivity contribution is 4.74. The number of hydrogen-bond acceptors (Lipinski definition) is 0. The highest BCUT2D eigenvalue weighted by Gasteiger charge is 2.21. The SMILES string of the molecule is CC(C)C.CC(C)C(C)C.CC(C)CC(C)C.CC(C)CC1CC1.CC(C)CC1CCC1.CC(C)CCC(C)C.CCC(C)C.CCC(C)C(C)C.CCCC(C)(C)C.CCCC(C)(C)CC.CCCC(C)(C)CCC.CCCC(C)C.CCCCC(C)C.CCCCCC(C)C. The highest BCUT2D eigenvalue weighted by atomic mass is 14.3. The van der Waals surface area contributed by atoms with Crippen molar-refractivity contribution in [2.75, 3.05) is 0 Å². The lowest BCUT2D eigenvalue weighted by molar-refractivity contribution is 0.264. The van der Waals surface area contributed by atoms with Gasteiger partial charge in [-0.05, 0) is 162 Å². The standard InChI is InChI=1S/C9H20.C8H16.3C8H18.C7H14.4C7H16.2C6H14.C5H12.C4H10/c1-5-7-9(3,4)8-6-2;1-7(2)6-8-4-3-5-8;1-7(2)5-6-8(3)4;1-5-7-8(3,4)6-2;1-4-5-6-7-8(2)3;1-6(2)5-7-3-4-7;1-6(2)5-7(3)4;1-5-6-7(2,3)4;1-5-7(4)6(2)3;1-4-5-6-7(2)3;1-5(2)6(3)4;1-4-5-6(2)3;1-4-5(2)3;1-4(2)3/h5-8H2,1-4H3;7-8H,3-6H2,1-2H3;7-8H,5-6H2,1-4H3;5-7H2,1-4H3;8H,4-7H2,1-3H3;6-7H,3-5H2,1-2H3;6-7H,5H2,1-4H3;5-6H2,1-4H3;6-7H,5H2,1-4H3;7H,4-6H2,1-3H3;5-6H,1-4H3;6H,4-5H2,1-3H3;5H,4H2,1-3H3;4H,1-3H3. The summed E-state index contributed by atoms with van der Waals surface area (Å²) in [5, 5.41) is 0. The van der Waals surface area contributed by atoms with Crippen molar-refractivity contribution in [3.8, 4) is 0 Å². The predicted molar refractivity (Wildman–Crippen MR) is 472 cm³/mol. The molecule has 0 radical (unpaired) electrons. The minimum atomic E-state index is 0.550. The molecule has 0 aliphatic heterocycles. The Morgan fingerprint density at radius 1 is 0.268 bits per heavy atom. The summed E-state index contributed by atoms with van der Waals surface area (Å²) in [5.41, 5.74) is 1.74. The fourth-order valence-corrected chi connectivity index (χ4v) is 9.57. The molecule has 2 aliphatic rings. The van der Waals surface area contributed by atoms with E-state index in [2.05, 4.69) is 325 Å². The monoisotopic (exact) mass is 1380 g/mol. The van der Waals surface area contributed by atoms with Gasteiger partial charge in [-0.15, -0.1) is 0 Å². The van der Waals surface area contributed by atoms with Crippen LogP contribution in [-0.2, 0) is 0 Å². The van der Waals surface area contributed by atoms with Crippen LogP contribution in [0.4, 0.5) is 0 Å². The van der Waals surface area contributed by atoms with Gasteiger partial charge in [0.25, 0.3) is 0 Å². The second-order valence-corrected chi connectivity index (χ2v) is 39.4. The summed E-state index contributed by atoms with van der Waals surface area (Å²) in [5.74, 6) is 15.5. The second kappa shape index (κ2) is 88.4. The second-order valence-electron chi connectivity index (χ2n) is 39.4. The van der Waals surface area contributed by atoms with Gasteiger partial charge in [0.05, 0.1) is 0 Å². The van der Waals surface area contributed by atoms with Crippen LogP contribution in [0.25, 0.3) is 0 Å². The molecule has 2 saturated carbocycles. The zero-order valence-electron chi connectivity index (χ0n) is 79.5. The summed E-state index contributed by atoms with van der Waals surface area (Å²) < 4.78 is 0. The molecule has 0 aromatic heterocycles. The summed E-state index contributed by atoms with van der Waals surface area (Å²) in [6.07, 6.45) is 41.7. The Hall–Kier alpha value is 0. The predicted octanol–water partition coefficient (Wildman–Crippen LogP) is 37.9. The van der Waals surface area contributed by atoms with Crippen LogP contribution >= 0.6 is 0 Å². The van der Waals surface area contributed by atoms with E-state index in [1.165, 1.54) is 193 Å². The van der Waals surface area contributed by atoms with Crippen LogP contribution in [0.3, 0.4) is 0 Å². The molecule has 1 atom stereocenters. The lowest BCUT2D eigenvalue weighted by atomic mass is 9.80. The molecule has 0 heterocycles. The molecule has 0 spiro atoms. The van der Waals surface area contributed by atoms with Crippen molar-refractivity contribution in [1.82, 2.24) is 0 Å². The fraction of sp³-hybridized carbons (Fsp3) is 1.00. The molecule has 0 N–H and O–H groups in total. The van der Waals surface area contributed by atoms with Gasteiger partial charge >= 0.3 is 0 Å². The number of unbranched alkanes of at least 4 members (excludes halogenated alkanes) is 3. The fourth-order valence-electron chi connectivity index (χ4n) is 9.57. The summed E-state index contributed by atoms with van der Waals surface area (Å²) in [6.45, 7) is 106. The molecule has 0 bridgehead atoms. The molecule has 97 heavy (non-hydrogen) atoms. The van der Waals surface area contributed by atoms with E-state index in [9.17, 15) is 0 Å². The van der Waals surface area contributed by atoms with Crippen molar-refractivity contribution >= 4 is 0 Å². The summed E-state index contributed by atoms with van der Waals surface area (Å²) in [7, 11) is 0. The van der Waals surface area contributed by atoms with E-state index in [-0.39, 0.29) is 0 Å². The molecule has 0 nitrogen and oxygen atoms in total. The topological polar surface area (TPSA) is 0 Å². The van der Waals surface area contributed by atoms with Crippen LogP contribution in [0.15, 0.2) is 0 Å². The van der Waals surface area contributed by atoms with Crippen LogP contribution in [-0.4, -0.2) is 0 Å².